The van der Waals surface area contributed by atoms with Crippen molar-refractivity contribution in [2.24, 2.45) is 7.05 Å². The fraction of sp³-hybridized carbons (Fsp3) is 0.273. The lowest BCUT2D eigenvalue weighted by atomic mass is 10.1. The van der Waals surface area contributed by atoms with Gasteiger partial charge < -0.3 is 4.74 Å². The highest BCUT2D eigenvalue weighted by molar-refractivity contribution is 5.95. The zero-order valence-corrected chi connectivity index (χ0v) is 8.94. The molecule has 0 fully saturated rings. The molecule has 1 aromatic carbocycles. The Morgan fingerprint density at radius 1 is 1.47 bits per heavy atom. The summed E-state index contributed by atoms with van der Waals surface area (Å²) in [4.78, 5) is 11.3. The van der Waals surface area contributed by atoms with E-state index in [1.807, 2.05) is 26.1 Å². The number of rotatable bonds is 1. The second-order valence-electron chi connectivity index (χ2n) is 3.43. The van der Waals surface area contributed by atoms with Crippen LogP contribution >= 0.6 is 0 Å². The van der Waals surface area contributed by atoms with Crippen molar-refractivity contribution in [3.05, 3.63) is 29.5 Å². The Bertz CT molecular complexity index is 529. The number of hydrogen-bond donors (Lipinski definition) is 0. The molecule has 2 rings (SSSR count). The van der Waals surface area contributed by atoms with Crippen LogP contribution in [-0.2, 0) is 11.8 Å². The van der Waals surface area contributed by atoms with Gasteiger partial charge in [-0.3, -0.25) is 4.68 Å². The van der Waals surface area contributed by atoms with Crippen molar-refractivity contribution in [2.45, 2.75) is 6.92 Å². The van der Waals surface area contributed by atoms with Gasteiger partial charge >= 0.3 is 5.97 Å². The number of fused-ring (bicyclic) bond motifs is 1. The third kappa shape index (κ3) is 1.48. The van der Waals surface area contributed by atoms with Crippen LogP contribution in [0.5, 0.6) is 0 Å². The molecule has 1 aromatic heterocycles. The second-order valence-corrected chi connectivity index (χ2v) is 3.43. The van der Waals surface area contributed by atoms with Crippen molar-refractivity contribution >= 4 is 16.9 Å². The topological polar surface area (TPSA) is 44.1 Å². The molecule has 0 unspecified atom stereocenters. The maximum atomic E-state index is 11.3. The summed E-state index contributed by atoms with van der Waals surface area (Å²) in [6.07, 6.45) is 0. The Morgan fingerprint density at radius 2 is 2.20 bits per heavy atom. The first-order valence-corrected chi connectivity index (χ1v) is 4.65. The molecule has 15 heavy (non-hydrogen) atoms. The number of hydrogen-bond acceptors (Lipinski definition) is 3. The SMILES string of the molecule is COC(=O)c1ccc2c(c1)c(C)nn2C. The molecule has 0 atom stereocenters. The van der Waals surface area contributed by atoms with Crippen LogP contribution in [0.25, 0.3) is 10.9 Å². The molecule has 78 valence electrons. The van der Waals surface area contributed by atoms with Gasteiger partial charge in [0.2, 0.25) is 0 Å². The number of nitrogens with zero attached hydrogens (tertiary/aromatic N) is 2. The summed E-state index contributed by atoms with van der Waals surface area (Å²) in [5.74, 6) is -0.319. The van der Waals surface area contributed by atoms with Gasteiger partial charge in [0.15, 0.2) is 0 Å². The molecule has 0 N–H and O–H groups in total. The summed E-state index contributed by atoms with van der Waals surface area (Å²) in [7, 11) is 3.26. The highest BCUT2D eigenvalue weighted by atomic mass is 16.5. The third-order valence-corrected chi connectivity index (χ3v) is 2.46. The standard InChI is InChI=1S/C11H12N2O2/c1-7-9-6-8(11(14)15-3)4-5-10(9)13(2)12-7/h4-6H,1-3H3. The van der Waals surface area contributed by atoms with Crippen LogP contribution < -0.4 is 0 Å². The Labute approximate surface area is 87.5 Å². The number of benzene rings is 1. The molecule has 0 saturated carbocycles. The van der Waals surface area contributed by atoms with Crippen molar-refractivity contribution < 1.29 is 9.53 Å². The van der Waals surface area contributed by atoms with Crippen molar-refractivity contribution in [2.75, 3.05) is 7.11 Å². The van der Waals surface area contributed by atoms with Gasteiger partial charge in [-0.1, -0.05) is 0 Å². The molecule has 0 amide bonds. The second kappa shape index (κ2) is 3.38. The molecule has 0 spiro atoms. The molecule has 4 nitrogen and oxygen atoms in total. The number of carbonyl (C=O) groups excluding carboxylic acids is 1. The van der Waals surface area contributed by atoms with Crippen LogP contribution in [0.3, 0.4) is 0 Å². The first-order valence-electron chi connectivity index (χ1n) is 4.65. The molecule has 0 aliphatic rings. The predicted octanol–water partition coefficient (Wildman–Crippen LogP) is 1.67. The van der Waals surface area contributed by atoms with E-state index in [9.17, 15) is 4.79 Å². The van der Waals surface area contributed by atoms with E-state index in [1.54, 1.807) is 10.7 Å². The van der Waals surface area contributed by atoms with Gasteiger partial charge in [-0.15, -0.1) is 0 Å². The highest BCUT2D eigenvalue weighted by Gasteiger charge is 2.09. The van der Waals surface area contributed by atoms with Gasteiger partial charge in [-0.25, -0.2) is 4.79 Å². The quantitative estimate of drug-likeness (QED) is 0.664. The molecular weight excluding hydrogens is 192 g/mol. The molecule has 0 saturated heterocycles. The lowest BCUT2D eigenvalue weighted by Gasteiger charge is -1.99. The van der Waals surface area contributed by atoms with Gasteiger partial charge in [-0.2, -0.15) is 5.10 Å². The van der Waals surface area contributed by atoms with Gasteiger partial charge in [0.25, 0.3) is 0 Å². The van der Waals surface area contributed by atoms with E-state index in [0.29, 0.717) is 5.56 Å². The smallest absolute Gasteiger partial charge is 0.337 e. The van der Waals surface area contributed by atoms with Crippen molar-refractivity contribution in [3.63, 3.8) is 0 Å². The third-order valence-electron chi connectivity index (χ3n) is 2.46. The number of methoxy groups -OCH3 is 1. The first-order chi connectivity index (χ1) is 7.13. The monoisotopic (exact) mass is 204 g/mol. The number of carbonyl (C=O) groups is 1. The van der Waals surface area contributed by atoms with Crippen LogP contribution in [-0.4, -0.2) is 22.9 Å². The van der Waals surface area contributed by atoms with E-state index in [2.05, 4.69) is 9.84 Å². The predicted molar refractivity (Wildman–Crippen MR) is 56.8 cm³/mol. The van der Waals surface area contributed by atoms with Crippen LogP contribution in [0.1, 0.15) is 16.1 Å². The average Bonchev–Trinajstić information content (AvgIpc) is 2.53. The fourth-order valence-corrected chi connectivity index (χ4v) is 1.69. The van der Waals surface area contributed by atoms with Crippen molar-refractivity contribution in [3.8, 4) is 0 Å². The van der Waals surface area contributed by atoms with E-state index in [4.69, 9.17) is 0 Å². The van der Waals surface area contributed by atoms with Crippen molar-refractivity contribution in [1.82, 2.24) is 9.78 Å². The number of ether oxygens (including phenoxy) is 1. The van der Waals surface area contributed by atoms with Crippen LogP contribution in [0.15, 0.2) is 18.2 Å². The van der Waals surface area contributed by atoms with Gasteiger partial charge in [0.1, 0.15) is 0 Å². The summed E-state index contributed by atoms with van der Waals surface area (Å²) < 4.78 is 6.46. The summed E-state index contributed by atoms with van der Waals surface area (Å²) in [6.45, 7) is 1.92. The number of aryl methyl sites for hydroxylation is 2. The molecule has 0 bridgehead atoms. The minimum absolute atomic E-state index is 0.319. The lowest BCUT2D eigenvalue weighted by Crippen LogP contribution is -2.00. The summed E-state index contributed by atoms with van der Waals surface area (Å²) in [5.41, 5.74) is 2.49. The minimum atomic E-state index is -0.319. The van der Waals surface area contributed by atoms with E-state index >= 15 is 0 Å². The largest absolute Gasteiger partial charge is 0.465 e. The maximum Gasteiger partial charge on any atom is 0.337 e. The zero-order chi connectivity index (χ0) is 11.0. The maximum absolute atomic E-state index is 11.3. The molecule has 0 radical (unpaired) electrons. The molecule has 0 aliphatic carbocycles. The van der Waals surface area contributed by atoms with E-state index in [0.717, 1.165) is 16.6 Å². The van der Waals surface area contributed by atoms with Gasteiger partial charge in [0, 0.05) is 12.4 Å². The molecule has 4 heteroatoms. The number of aromatic nitrogens is 2. The first kappa shape index (κ1) is 9.71. The Balaban J connectivity index is 2.65. The molecule has 1 heterocycles. The Hall–Kier alpha value is -1.84. The van der Waals surface area contributed by atoms with Crippen LogP contribution in [0.4, 0.5) is 0 Å². The van der Waals surface area contributed by atoms with Gasteiger partial charge in [-0.05, 0) is 25.1 Å². The molecule has 2 aromatic rings. The normalized spacial score (nSPS) is 10.6. The van der Waals surface area contributed by atoms with Crippen molar-refractivity contribution in [1.29, 1.82) is 0 Å². The summed E-state index contributed by atoms with van der Waals surface area (Å²) >= 11 is 0. The Kier molecular flexibility index (Phi) is 2.19. The molecule has 0 aliphatic heterocycles. The van der Waals surface area contributed by atoms with E-state index in [1.165, 1.54) is 7.11 Å². The van der Waals surface area contributed by atoms with E-state index in [-0.39, 0.29) is 5.97 Å². The fourth-order valence-electron chi connectivity index (χ4n) is 1.69. The lowest BCUT2D eigenvalue weighted by molar-refractivity contribution is 0.0601. The summed E-state index contributed by atoms with van der Waals surface area (Å²) in [6, 6.07) is 5.43. The van der Waals surface area contributed by atoms with Crippen LogP contribution in [0.2, 0.25) is 0 Å². The Morgan fingerprint density at radius 3 is 2.87 bits per heavy atom. The zero-order valence-electron chi connectivity index (χ0n) is 8.94. The highest BCUT2D eigenvalue weighted by Crippen LogP contribution is 2.19. The van der Waals surface area contributed by atoms with E-state index < -0.39 is 0 Å². The summed E-state index contributed by atoms with van der Waals surface area (Å²) in [5, 5.41) is 5.27. The number of esters is 1. The van der Waals surface area contributed by atoms with Gasteiger partial charge in [0.05, 0.1) is 23.9 Å². The van der Waals surface area contributed by atoms with Crippen LogP contribution in [0, 0.1) is 6.92 Å². The molecular formula is C11H12N2O2. The minimum Gasteiger partial charge on any atom is -0.465 e. The average molecular weight is 204 g/mol.